The van der Waals surface area contributed by atoms with E-state index in [4.69, 9.17) is 49.7 Å². The summed E-state index contributed by atoms with van der Waals surface area (Å²) in [4.78, 5) is 3.93. The maximum absolute atomic E-state index is 4.76. The monoisotopic (exact) mass is 540 g/mol. The van der Waals surface area contributed by atoms with Gasteiger partial charge >= 0.3 is 26.2 Å². The van der Waals surface area contributed by atoms with E-state index in [1.165, 1.54) is 0 Å². The van der Waals surface area contributed by atoms with Gasteiger partial charge in [-0.3, -0.25) is 0 Å². The summed E-state index contributed by atoms with van der Waals surface area (Å²) < 4.78 is 1.16. The van der Waals surface area contributed by atoms with E-state index in [1.54, 1.807) is 0 Å². The molecule has 2 nitrogen and oxygen atoms in total. The van der Waals surface area contributed by atoms with Crippen molar-refractivity contribution in [1.29, 1.82) is 0 Å². The fourth-order valence-corrected chi connectivity index (χ4v) is 2.00. The Morgan fingerprint density at radius 2 is 0.944 bits per heavy atom. The second-order valence-corrected chi connectivity index (χ2v) is 4.94. The minimum Gasteiger partial charge on any atom is -1.00 e. The Labute approximate surface area is 159 Å². The first-order valence-electron chi connectivity index (χ1n) is 5.36. The zero-order valence-electron chi connectivity index (χ0n) is 11.2. The topological polar surface area (TPSA) is 6.48 Å². The van der Waals surface area contributed by atoms with Crippen LogP contribution in [0.15, 0.2) is 0 Å². The predicted octanol–water partition coefficient (Wildman–Crippen LogP) is -1.06. The third kappa shape index (κ3) is 15.5. The average Bonchev–Trinajstić information content (AvgIpc) is 2.21. The van der Waals surface area contributed by atoms with Crippen LogP contribution in [-0.4, -0.2) is 70.8 Å². The minimum absolute atomic E-state index is 0. The van der Waals surface area contributed by atoms with Gasteiger partial charge in [0.1, 0.15) is 0 Å². The Morgan fingerprint density at radius 1 is 0.778 bits per heavy atom. The summed E-state index contributed by atoms with van der Waals surface area (Å²) in [7, 11) is 0. The molecule has 0 aliphatic heterocycles. The molecule has 0 aromatic rings. The van der Waals surface area contributed by atoms with Crippen molar-refractivity contribution in [3.8, 4) is 0 Å². The Kier molecular flexibility index (Phi) is 28.3. The van der Waals surface area contributed by atoms with Crippen molar-refractivity contribution < 1.29 is 12.4 Å². The van der Waals surface area contributed by atoms with Gasteiger partial charge in [-0.2, -0.15) is 0 Å². The van der Waals surface area contributed by atoms with Gasteiger partial charge in [0.25, 0.3) is 0 Å². The van der Waals surface area contributed by atoms with Gasteiger partial charge in [0.05, 0.1) is 0 Å². The van der Waals surface area contributed by atoms with Crippen LogP contribution in [-0.2, 0) is 25.3 Å². The zero-order valence-corrected chi connectivity index (χ0v) is 18.7. The molecule has 0 aromatic heterocycles. The fourth-order valence-electron chi connectivity index (χ4n) is 0.964. The maximum Gasteiger partial charge on any atom is 3.00 e. The molecule has 0 saturated heterocycles. The minimum atomic E-state index is 0. The van der Waals surface area contributed by atoms with Crippen molar-refractivity contribution in [2.75, 3.05) is 26.2 Å². The number of hydrogen-bond acceptors (Lipinski definition) is 4. The molecule has 18 heavy (non-hydrogen) atoms. The van der Waals surface area contributed by atoms with Gasteiger partial charge in [-0.15, -0.1) is 0 Å². The number of nitrogens with zero attached hydrogens (tertiary/aromatic N) is 2. The van der Waals surface area contributed by atoms with Gasteiger partial charge in [0.2, 0.25) is 0 Å². The van der Waals surface area contributed by atoms with E-state index in [9.17, 15) is 0 Å². The SMILES string of the molecule is CCN(CC)C(=S)[S-].CCN(CC)C(=S)[S-].[Bi+3].[Cl-]. The van der Waals surface area contributed by atoms with Crippen LogP contribution in [0, 0.1) is 0 Å². The summed E-state index contributed by atoms with van der Waals surface area (Å²) in [6.07, 6.45) is 0. The van der Waals surface area contributed by atoms with Crippen LogP contribution < -0.4 is 12.4 Å². The van der Waals surface area contributed by atoms with Crippen LogP contribution in [0.2, 0.25) is 0 Å². The molecule has 0 rings (SSSR count). The molecule has 106 valence electrons. The third-order valence-electron chi connectivity index (χ3n) is 2.04. The van der Waals surface area contributed by atoms with Gasteiger partial charge in [0, 0.05) is 26.2 Å². The predicted molar refractivity (Wildman–Crippen MR) is 91.5 cm³/mol. The largest absolute Gasteiger partial charge is 3.00 e. The molecule has 0 spiro atoms. The molecule has 2 radical (unpaired) electrons. The Bertz CT molecular complexity index is 190. The summed E-state index contributed by atoms with van der Waals surface area (Å²) in [6, 6.07) is 0. The number of hydrogen-bond donors (Lipinski definition) is 0. The molecule has 0 amide bonds. The molecule has 0 aliphatic rings. The molecule has 0 aliphatic carbocycles. The summed E-state index contributed by atoms with van der Waals surface area (Å²) in [5, 5.41) is 0. The third-order valence-corrected chi connectivity index (χ3v) is 3.08. The molecule has 0 atom stereocenters. The van der Waals surface area contributed by atoms with E-state index in [-0.39, 0.29) is 38.6 Å². The zero-order chi connectivity index (χ0) is 13.1. The second kappa shape index (κ2) is 18.4. The quantitative estimate of drug-likeness (QED) is 0.253. The van der Waals surface area contributed by atoms with E-state index in [2.05, 4.69) is 0 Å². The van der Waals surface area contributed by atoms with Gasteiger partial charge in [-0.25, -0.2) is 0 Å². The maximum atomic E-state index is 4.76. The van der Waals surface area contributed by atoms with Crippen LogP contribution in [0.3, 0.4) is 0 Å². The molecule has 0 heterocycles. The van der Waals surface area contributed by atoms with Crippen molar-refractivity contribution in [3.63, 3.8) is 0 Å². The van der Waals surface area contributed by atoms with Crippen molar-refractivity contribution in [2.24, 2.45) is 0 Å². The van der Waals surface area contributed by atoms with Gasteiger partial charge in [-0.05, 0) is 27.7 Å². The molecule has 0 aromatic carbocycles. The summed E-state index contributed by atoms with van der Waals surface area (Å²) >= 11 is 19.0. The van der Waals surface area contributed by atoms with Crippen molar-refractivity contribution in [2.45, 2.75) is 27.7 Å². The van der Waals surface area contributed by atoms with Crippen molar-refractivity contribution in [1.82, 2.24) is 9.80 Å². The average molecular weight is 541 g/mol. The van der Waals surface area contributed by atoms with Crippen LogP contribution in [0.5, 0.6) is 0 Å². The van der Waals surface area contributed by atoms with E-state index < -0.39 is 0 Å². The summed E-state index contributed by atoms with van der Waals surface area (Å²) in [5.74, 6) is 0. The molecule has 8 heteroatoms. The number of thiocarbonyl (C=S) groups is 2. The van der Waals surface area contributed by atoms with E-state index in [1.807, 2.05) is 37.5 Å². The second-order valence-electron chi connectivity index (χ2n) is 2.88. The van der Waals surface area contributed by atoms with E-state index in [0.29, 0.717) is 8.64 Å². The Hall–Kier alpha value is 1.39. The smallest absolute Gasteiger partial charge is 1.00 e. The molecule has 0 unspecified atom stereocenters. The fraction of sp³-hybridized carbons (Fsp3) is 0.800. The molecular formula is C10H20BiClN2S4. The first-order chi connectivity index (χ1) is 7.44. The molecule has 0 bridgehead atoms. The summed E-state index contributed by atoms with van der Waals surface area (Å²) in [6.45, 7) is 11.9. The van der Waals surface area contributed by atoms with Gasteiger partial charge in [0.15, 0.2) is 0 Å². The standard InChI is InChI=1S/2C5H11NS2.Bi.ClH/c2*1-3-6(4-2)5(7)8;;/h2*3-4H2,1-2H3,(H,7,8);;1H/q;;+3;/p-3. The van der Waals surface area contributed by atoms with Gasteiger partial charge in [-0.1, -0.05) is 8.64 Å². The molecule has 0 fully saturated rings. The Balaban J connectivity index is -0.0000000980. The van der Waals surface area contributed by atoms with Crippen LogP contribution in [0.4, 0.5) is 0 Å². The van der Waals surface area contributed by atoms with E-state index >= 15 is 0 Å². The van der Waals surface area contributed by atoms with Gasteiger partial charge < -0.3 is 71.9 Å². The van der Waals surface area contributed by atoms with Crippen molar-refractivity contribution in [3.05, 3.63) is 0 Å². The summed E-state index contributed by atoms with van der Waals surface area (Å²) in [5.41, 5.74) is 0. The number of rotatable bonds is 4. The molecule has 0 saturated carbocycles. The Morgan fingerprint density at radius 3 is 0.944 bits per heavy atom. The van der Waals surface area contributed by atoms with Crippen LogP contribution >= 0.6 is 24.4 Å². The normalized spacial score (nSPS) is 7.78. The molecular weight excluding hydrogens is 521 g/mol. The first-order valence-corrected chi connectivity index (χ1v) is 6.99. The molecule has 0 N–H and O–H groups in total. The van der Waals surface area contributed by atoms with E-state index in [0.717, 1.165) is 26.2 Å². The van der Waals surface area contributed by atoms with Crippen molar-refractivity contribution >= 4 is 84.5 Å². The van der Waals surface area contributed by atoms with Crippen LogP contribution in [0.25, 0.3) is 0 Å². The van der Waals surface area contributed by atoms with Crippen LogP contribution in [0.1, 0.15) is 27.7 Å². The number of halogens is 1. The first kappa shape index (κ1) is 27.7.